The Morgan fingerprint density at radius 2 is 1.81 bits per heavy atom. The molecule has 0 aliphatic heterocycles. The van der Waals surface area contributed by atoms with Crippen molar-refractivity contribution in [2.45, 2.75) is 71.3 Å². The van der Waals surface area contributed by atoms with Gasteiger partial charge in [-0.1, -0.05) is 51.3 Å². The zero-order valence-corrected chi connectivity index (χ0v) is 13.8. The van der Waals surface area contributed by atoms with E-state index >= 15 is 0 Å². The molecule has 21 heavy (non-hydrogen) atoms. The van der Waals surface area contributed by atoms with Gasteiger partial charge in [0.1, 0.15) is 0 Å². The van der Waals surface area contributed by atoms with Crippen LogP contribution in [0.1, 0.15) is 75.1 Å². The summed E-state index contributed by atoms with van der Waals surface area (Å²) >= 11 is 0. The molecule has 3 rings (SSSR count). The Labute approximate surface area is 130 Å². The van der Waals surface area contributed by atoms with Gasteiger partial charge in [0.2, 0.25) is 0 Å². The first-order valence-corrected chi connectivity index (χ1v) is 9.16. The van der Waals surface area contributed by atoms with Crippen molar-refractivity contribution in [2.75, 3.05) is 6.54 Å². The van der Waals surface area contributed by atoms with Crippen molar-refractivity contribution in [3.8, 4) is 0 Å². The maximum absolute atomic E-state index is 3.79. The highest BCUT2D eigenvalue weighted by atomic mass is 14.9. The van der Waals surface area contributed by atoms with Crippen LogP contribution >= 0.6 is 0 Å². The lowest BCUT2D eigenvalue weighted by atomic mass is 9.75. The predicted octanol–water partition coefficient (Wildman–Crippen LogP) is 5.04. The summed E-state index contributed by atoms with van der Waals surface area (Å²) in [5.74, 6) is 1.83. The highest BCUT2D eigenvalue weighted by Crippen LogP contribution is 2.38. The zero-order chi connectivity index (χ0) is 14.7. The summed E-state index contributed by atoms with van der Waals surface area (Å²) in [5.41, 5.74) is 4.78. The molecule has 1 saturated carbocycles. The molecule has 0 spiro atoms. The molecule has 0 amide bonds. The van der Waals surface area contributed by atoms with Crippen molar-refractivity contribution in [3.05, 3.63) is 34.9 Å². The molecule has 0 radical (unpaired) electrons. The van der Waals surface area contributed by atoms with E-state index in [1.165, 1.54) is 51.4 Å². The first-order valence-electron chi connectivity index (χ1n) is 9.16. The topological polar surface area (TPSA) is 12.0 Å². The van der Waals surface area contributed by atoms with E-state index in [0.717, 1.165) is 18.4 Å². The van der Waals surface area contributed by atoms with E-state index in [-0.39, 0.29) is 0 Å². The van der Waals surface area contributed by atoms with Crippen molar-refractivity contribution in [1.29, 1.82) is 0 Å². The smallest absolute Gasteiger partial charge is 0.0348 e. The number of nitrogens with one attached hydrogen (secondary N) is 1. The molecule has 1 atom stereocenters. The third-order valence-corrected chi connectivity index (χ3v) is 5.85. The van der Waals surface area contributed by atoms with Gasteiger partial charge < -0.3 is 5.32 Å². The zero-order valence-electron chi connectivity index (χ0n) is 13.8. The minimum absolute atomic E-state index is 0.582. The molecule has 1 fully saturated rings. The SMILES string of the molecule is CCNC(c1ccc2c(c1)CCC2)C1CCC(CC)CC1. The van der Waals surface area contributed by atoms with Gasteiger partial charge in [-0.25, -0.2) is 0 Å². The molecule has 116 valence electrons. The van der Waals surface area contributed by atoms with Crippen molar-refractivity contribution in [2.24, 2.45) is 11.8 Å². The van der Waals surface area contributed by atoms with Gasteiger partial charge in [-0.05, 0) is 67.2 Å². The summed E-state index contributed by atoms with van der Waals surface area (Å²) in [6, 6.07) is 7.91. The fraction of sp³-hybridized carbons (Fsp3) is 0.700. The van der Waals surface area contributed by atoms with Gasteiger partial charge in [0.15, 0.2) is 0 Å². The average Bonchev–Trinajstić information content (AvgIpc) is 3.00. The van der Waals surface area contributed by atoms with Crippen LogP contribution in [-0.2, 0) is 12.8 Å². The van der Waals surface area contributed by atoms with Crippen molar-refractivity contribution < 1.29 is 0 Å². The second kappa shape index (κ2) is 6.96. The third-order valence-electron chi connectivity index (χ3n) is 5.85. The molecular formula is C20H31N. The summed E-state index contributed by atoms with van der Waals surface area (Å²) in [7, 11) is 0. The number of fused-ring (bicyclic) bond motifs is 1. The fourth-order valence-electron chi connectivity index (χ4n) is 4.49. The molecular weight excluding hydrogens is 254 g/mol. The van der Waals surface area contributed by atoms with Crippen LogP contribution in [0.2, 0.25) is 0 Å². The molecule has 1 aromatic carbocycles. The lowest BCUT2D eigenvalue weighted by molar-refractivity contribution is 0.220. The summed E-state index contributed by atoms with van der Waals surface area (Å²) in [5, 5.41) is 3.79. The molecule has 1 unspecified atom stereocenters. The standard InChI is InChI=1S/C20H31N/c1-3-15-8-10-17(11-9-15)20(21-4-2)19-13-12-16-6-5-7-18(16)14-19/h12-15,17,20-21H,3-11H2,1-2H3. The third kappa shape index (κ3) is 3.34. The maximum Gasteiger partial charge on any atom is 0.0348 e. The Morgan fingerprint density at radius 1 is 1.05 bits per heavy atom. The van der Waals surface area contributed by atoms with Crippen molar-refractivity contribution in [1.82, 2.24) is 5.32 Å². The van der Waals surface area contributed by atoms with Crippen LogP contribution in [0.3, 0.4) is 0 Å². The molecule has 1 heteroatoms. The average molecular weight is 285 g/mol. The van der Waals surface area contributed by atoms with Gasteiger partial charge in [-0.3, -0.25) is 0 Å². The van der Waals surface area contributed by atoms with E-state index in [0.29, 0.717) is 6.04 Å². The summed E-state index contributed by atoms with van der Waals surface area (Å²) in [4.78, 5) is 0. The van der Waals surface area contributed by atoms with Gasteiger partial charge in [0.05, 0.1) is 0 Å². The first kappa shape index (κ1) is 15.1. The quantitative estimate of drug-likeness (QED) is 0.799. The highest BCUT2D eigenvalue weighted by Gasteiger charge is 2.28. The van der Waals surface area contributed by atoms with Gasteiger partial charge in [-0.15, -0.1) is 0 Å². The predicted molar refractivity (Wildman–Crippen MR) is 90.6 cm³/mol. The van der Waals surface area contributed by atoms with E-state index < -0.39 is 0 Å². The van der Waals surface area contributed by atoms with E-state index in [4.69, 9.17) is 0 Å². The van der Waals surface area contributed by atoms with Crippen LogP contribution in [0.25, 0.3) is 0 Å². The summed E-state index contributed by atoms with van der Waals surface area (Å²) in [6.07, 6.45) is 11.0. The van der Waals surface area contributed by atoms with E-state index in [2.05, 4.69) is 37.4 Å². The molecule has 0 saturated heterocycles. The monoisotopic (exact) mass is 285 g/mol. The second-order valence-corrected chi connectivity index (χ2v) is 7.11. The van der Waals surface area contributed by atoms with Crippen molar-refractivity contribution >= 4 is 0 Å². The number of hydrogen-bond donors (Lipinski definition) is 1. The van der Waals surface area contributed by atoms with E-state index in [1.54, 1.807) is 16.7 Å². The van der Waals surface area contributed by atoms with Crippen LogP contribution in [0.15, 0.2) is 18.2 Å². The number of rotatable bonds is 5. The molecule has 0 aromatic heterocycles. The molecule has 2 aliphatic rings. The number of hydrogen-bond acceptors (Lipinski definition) is 1. The number of benzene rings is 1. The first-order chi connectivity index (χ1) is 10.3. The van der Waals surface area contributed by atoms with Crippen LogP contribution < -0.4 is 5.32 Å². The highest BCUT2D eigenvalue weighted by molar-refractivity contribution is 5.36. The van der Waals surface area contributed by atoms with E-state index in [9.17, 15) is 0 Å². The Morgan fingerprint density at radius 3 is 2.52 bits per heavy atom. The molecule has 2 aliphatic carbocycles. The molecule has 0 bridgehead atoms. The largest absolute Gasteiger partial charge is 0.310 e. The molecule has 1 aromatic rings. The normalized spacial score (nSPS) is 26.6. The fourth-order valence-corrected chi connectivity index (χ4v) is 4.49. The maximum atomic E-state index is 3.79. The van der Waals surface area contributed by atoms with Gasteiger partial charge in [0, 0.05) is 6.04 Å². The van der Waals surface area contributed by atoms with Crippen molar-refractivity contribution in [3.63, 3.8) is 0 Å². The second-order valence-electron chi connectivity index (χ2n) is 7.11. The molecule has 0 heterocycles. The molecule has 1 nitrogen and oxygen atoms in total. The molecule has 1 N–H and O–H groups in total. The Hall–Kier alpha value is -0.820. The van der Waals surface area contributed by atoms with Crippen LogP contribution in [0.5, 0.6) is 0 Å². The van der Waals surface area contributed by atoms with Gasteiger partial charge in [0.25, 0.3) is 0 Å². The Balaban J connectivity index is 1.75. The van der Waals surface area contributed by atoms with Crippen LogP contribution in [0.4, 0.5) is 0 Å². The Kier molecular flexibility index (Phi) is 5.00. The lowest BCUT2D eigenvalue weighted by Crippen LogP contribution is -2.31. The summed E-state index contributed by atoms with van der Waals surface area (Å²) in [6.45, 7) is 5.68. The van der Waals surface area contributed by atoms with Gasteiger partial charge in [-0.2, -0.15) is 0 Å². The van der Waals surface area contributed by atoms with Crippen LogP contribution in [0, 0.1) is 11.8 Å². The van der Waals surface area contributed by atoms with Crippen LogP contribution in [-0.4, -0.2) is 6.54 Å². The van der Waals surface area contributed by atoms with E-state index in [1.807, 2.05) is 0 Å². The van der Waals surface area contributed by atoms with Gasteiger partial charge >= 0.3 is 0 Å². The number of aryl methyl sites for hydroxylation is 2. The minimum Gasteiger partial charge on any atom is -0.310 e. The minimum atomic E-state index is 0.582. The summed E-state index contributed by atoms with van der Waals surface area (Å²) < 4.78 is 0. The lowest BCUT2D eigenvalue weighted by Gasteiger charge is -2.34. The Bertz CT molecular complexity index is 457.